The average Bonchev–Trinajstić information content (AvgIpc) is 2.80. The summed E-state index contributed by atoms with van der Waals surface area (Å²) in [7, 11) is 0. The molecule has 0 aliphatic rings. The predicted octanol–water partition coefficient (Wildman–Crippen LogP) is 7.30. The van der Waals surface area contributed by atoms with E-state index in [1.54, 1.807) is 0 Å². The maximum atomic E-state index is 6.59. The van der Waals surface area contributed by atoms with Crippen LogP contribution in [0.1, 0.15) is 11.1 Å². The Hall–Kier alpha value is -2.69. The molecule has 0 spiro atoms. The molecule has 166 valence electrons. The Kier molecular flexibility index (Phi) is 8.65. The summed E-state index contributed by atoms with van der Waals surface area (Å²) in [6.07, 6.45) is 3.72. The Morgan fingerprint density at radius 2 is 1.18 bits per heavy atom. The number of rotatable bonds is 5. The van der Waals surface area contributed by atoms with Gasteiger partial charge in [-0.1, -0.05) is 0 Å². The van der Waals surface area contributed by atoms with Gasteiger partial charge in [-0.15, -0.1) is 24.8 Å². The average molecular weight is 512 g/mol. The molecule has 33 heavy (non-hydrogen) atoms. The van der Waals surface area contributed by atoms with E-state index < -0.39 is 18.2 Å². The van der Waals surface area contributed by atoms with Gasteiger partial charge in [0.1, 0.15) is 0 Å². The fourth-order valence-corrected chi connectivity index (χ4v) is 5.81. The number of benzene rings is 4. The zero-order valence-electron chi connectivity index (χ0n) is 18.0. The monoisotopic (exact) mass is 511 g/mol. The van der Waals surface area contributed by atoms with E-state index in [9.17, 15) is 0 Å². The Morgan fingerprint density at radius 3 is 1.73 bits per heavy atom. The number of pyridine rings is 1. The van der Waals surface area contributed by atoms with E-state index in [1.807, 2.05) is 67.8 Å². The van der Waals surface area contributed by atoms with E-state index in [1.165, 1.54) is 0 Å². The van der Waals surface area contributed by atoms with E-state index in [4.69, 9.17) is 6.64 Å². The SMILES string of the molecule is Cc1cncc([CH]=[Ti]([O]c2cccc3ccccc23)[O]c2cccc3ccccc23)c1.Cl.Cl. The van der Waals surface area contributed by atoms with Gasteiger partial charge in [0, 0.05) is 0 Å². The molecule has 0 aliphatic carbocycles. The third-order valence-corrected chi connectivity index (χ3v) is 7.30. The molecule has 4 aromatic carbocycles. The first kappa shape index (κ1) is 24.9. The summed E-state index contributed by atoms with van der Waals surface area (Å²) < 4.78 is 15.3. The second kappa shape index (κ2) is 11.4. The van der Waals surface area contributed by atoms with Crippen molar-refractivity contribution in [1.29, 1.82) is 0 Å². The number of aryl methyl sites for hydroxylation is 1. The van der Waals surface area contributed by atoms with Gasteiger partial charge in [-0.25, -0.2) is 0 Å². The molecule has 3 nitrogen and oxygen atoms in total. The number of hydrogen-bond donors (Lipinski definition) is 0. The molecule has 6 heteroatoms. The summed E-state index contributed by atoms with van der Waals surface area (Å²) in [5, 5.41) is 4.49. The van der Waals surface area contributed by atoms with Crippen LogP contribution in [0.25, 0.3) is 21.5 Å². The summed E-state index contributed by atoms with van der Waals surface area (Å²) in [4.78, 5) is 4.34. The van der Waals surface area contributed by atoms with Crippen molar-refractivity contribution in [1.82, 2.24) is 4.98 Å². The number of halogens is 2. The molecule has 0 atom stereocenters. The summed E-state index contributed by atoms with van der Waals surface area (Å²) in [6, 6.07) is 30.9. The molecule has 0 fully saturated rings. The van der Waals surface area contributed by atoms with E-state index >= 15 is 0 Å². The maximum absolute atomic E-state index is 6.59. The normalized spacial score (nSPS) is 10.1. The van der Waals surface area contributed by atoms with Crippen LogP contribution in [-0.2, 0) is 18.2 Å². The standard InChI is InChI=1S/2C10H8O.C7H7N.2ClH.Ti/c2*11-10-7-3-5-8-4-1-2-6-9(8)10;1-6-3-7(2)5-8-4-6;;;/h2*1-7,11H;1,3-5H,2H3;2*1H;/q;;;;;+2/p-2. The molecule has 0 saturated carbocycles. The van der Waals surface area contributed by atoms with Gasteiger partial charge in [-0.05, 0) is 0 Å². The van der Waals surface area contributed by atoms with Crippen LogP contribution in [0.4, 0.5) is 0 Å². The van der Waals surface area contributed by atoms with Crippen molar-refractivity contribution >= 4 is 50.7 Å². The van der Waals surface area contributed by atoms with Crippen molar-refractivity contribution in [2.45, 2.75) is 6.92 Å². The first-order chi connectivity index (χ1) is 15.3. The maximum Gasteiger partial charge on any atom is -0.147 e. The number of nitrogens with zero attached hydrogens (tertiary/aromatic N) is 1. The molecule has 0 aliphatic heterocycles. The molecule has 0 bridgehead atoms. The van der Waals surface area contributed by atoms with E-state index in [2.05, 4.69) is 51.8 Å². The van der Waals surface area contributed by atoms with Crippen LogP contribution in [0.15, 0.2) is 103 Å². The van der Waals surface area contributed by atoms with Gasteiger partial charge >= 0.3 is 189 Å². The third-order valence-electron chi connectivity index (χ3n) is 5.10. The Labute approximate surface area is 212 Å². The molecule has 0 saturated heterocycles. The molecule has 1 aromatic heterocycles. The number of aromatic nitrogens is 1. The molecule has 5 aromatic rings. The van der Waals surface area contributed by atoms with Crippen molar-refractivity contribution in [2.75, 3.05) is 0 Å². The molecule has 0 radical (unpaired) electrons. The quantitative estimate of drug-likeness (QED) is 0.232. The van der Waals surface area contributed by atoms with Crippen LogP contribution in [0, 0.1) is 6.92 Å². The van der Waals surface area contributed by atoms with Gasteiger partial charge in [0.25, 0.3) is 0 Å². The van der Waals surface area contributed by atoms with Crippen molar-refractivity contribution in [3.05, 3.63) is 115 Å². The molecule has 0 unspecified atom stereocenters. The fourth-order valence-electron chi connectivity index (χ4n) is 3.66. The van der Waals surface area contributed by atoms with Gasteiger partial charge in [-0.2, -0.15) is 0 Å². The van der Waals surface area contributed by atoms with Gasteiger partial charge in [0.05, 0.1) is 0 Å². The minimum atomic E-state index is -2.65. The van der Waals surface area contributed by atoms with Crippen LogP contribution in [0.3, 0.4) is 0 Å². The fraction of sp³-hybridized carbons (Fsp3) is 0.0370. The summed E-state index contributed by atoms with van der Waals surface area (Å²) in [5.41, 5.74) is 2.14. The van der Waals surface area contributed by atoms with Crippen LogP contribution in [0.2, 0.25) is 0 Å². The van der Waals surface area contributed by atoms with Crippen LogP contribution in [0.5, 0.6) is 11.5 Å². The van der Waals surface area contributed by atoms with Gasteiger partial charge < -0.3 is 0 Å². The zero-order valence-corrected chi connectivity index (χ0v) is 21.2. The molecular formula is C27H23Cl2NO2Ti. The Morgan fingerprint density at radius 1 is 0.667 bits per heavy atom. The van der Waals surface area contributed by atoms with Gasteiger partial charge in [0.2, 0.25) is 0 Å². The molecular weight excluding hydrogens is 489 g/mol. The number of hydrogen-bond acceptors (Lipinski definition) is 3. The van der Waals surface area contributed by atoms with Crippen LogP contribution < -0.4 is 6.64 Å². The zero-order chi connectivity index (χ0) is 21.0. The minimum absolute atomic E-state index is 0. The summed E-state index contributed by atoms with van der Waals surface area (Å²) in [6.45, 7) is 2.04. The van der Waals surface area contributed by atoms with E-state index in [-0.39, 0.29) is 24.8 Å². The largest absolute Gasteiger partial charge is 0.147 e. The third kappa shape index (κ3) is 5.82. The topological polar surface area (TPSA) is 31.4 Å². The number of fused-ring (bicyclic) bond motifs is 2. The van der Waals surface area contributed by atoms with Crippen molar-refractivity contribution in [3.8, 4) is 11.5 Å². The molecule has 5 rings (SSSR count). The van der Waals surface area contributed by atoms with Crippen LogP contribution >= 0.6 is 24.8 Å². The second-order valence-electron chi connectivity index (χ2n) is 7.42. The van der Waals surface area contributed by atoms with E-state index in [0.29, 0.717) is 0 Å². The Balaban J connectivity index is 0.00000153. The minimum Gasteiger partial charge on any atom is -0.147 e. The van der Waals surface area contributed by atoms with Gasteiger partial charge in [0.15, 0.2) is 0 Å². The predicted molar refractivity (Wildman–Crippen MR) is 138 cm³/mol. The molecule has 1 heterocycles. The molecule has 0 amide bonds. The summed E-state index contributed by atoms with van der Waals surface area (Å²) >= 11 is -2.65. The van der Waals surface area contributed by atoms with Crippen LogP contribution in [-0.4, -0.2) is 9.30 Å². The smallest absolute Gasteiger partial charge is 0.147 e. The van der Waals surface area contributed by atoms with Crippen molar-refractivity contribution in [3.63, 3.8) is 0 Å². The molecule has 0 N–H and O–H groups in total. The Bertz CT molecular complexity index is 1330. The van der Waals surface area contributed by atoms with Gasteiger partial charge in [-0.3, -0.25) is 0 Å². The van der Waals surface area contributed by atoms with Crippen molar-refractivity contribution in [2.24, 2.45) is 0 Å². The van der Waals surface area contributed by atoms with E-state index in [0.717, 1.165) is 44.2 Å². The first-order valence-electron chi connectivity index (χ1n) is 10.2. The second-order valence-corrected chi connectivity index (χ2v) is 9.50. The van der Waals surface area contributed by atoms with Crippen molar-refractivity contribution < 1.29 is 24.8 Å². The first-order valence-corrected chi connectivity index (χ1v) is 12.4. The summed E-state index contributed by atoms with van der Waals surface area (Å²) in [5.74, 6) is 1.70.